The summed E-state index contributed by atoms with van der Waals surface area (Å²) in [6, 6.07) is -1.16. The molecule has 0 aromatic carbocycles. The molecule has 3 atom stereocenters. The summed E-state index contributed by atoms with van der Waals surface area (Å²) in [5, 5.41) is 37.7. The van der Waals surface area contributed by atoms with E-state index in [-0.39, 0.29) is 140 Å². The van der Waals surface area contributed by atoms with Gasteiger partial charge in [-0.3, -0.25) is 38.4 Å². The van der Waals surface area contributed by atoms with Gasteiger partial charge in [-0.15, -0.1) is 0 Å². The number of carboxylic acid groups (broad SMARTS) is 3. The first kappa shape index (κ1) is 61.2. The van der Waals surface area contributed by atoms with Gasteiger partial charge in [-0.2, -0.15) is 0 Å². The predicted octanol–water partition coefficient (Wildman–Crippen LogP) is 3.71. The average Bonchev–Trinajstić information content (AvgIpc) is 3.28. The quantitative estimate of drug-likeness (QED) is 0.0338. The van der Waals surface area contributed by atoms with E-state index in [1.54, 1.807) is 0 Å². The molecular formula is C45H76N4O16S2. The SMILES string of the molecule is O=C(O)CCCCCCCCCCCCCCCCC(=O)N[C@@H](CCC(=O)NCCOCCOCC(=O)NCCOCCOCC(=O)NCC(=O)C[C@H]1CSSC[C@@H](C(=O)O)CC1=O)C(=O)O. The molecule has 1 aliphatic rings. The van der Waals surface area contributed by atoms with Crippen LogP contribution in [0.25, 0.3) is 0 Å². The number of hydrogen-bond acceptors (Lipinski definition) is 15. The molecule has 0 saturated carbocycles. The molecule has 384 valence electrons. The Labute approximate surface area is 402 Å². The van der Waals surface area contributed by atoms with Gasteiger partial charge in [-0.25, -0.2) is 4.79 Å². The Bertz CT molecular complexity index is 1480. The second kappa shape index (κ2) is 41.2. The first-order valence-corrected chi connectivity index (χ1v) is 26.1. The van der Waals surface area contributed by atoms with Crippen LogP contribution >= 0.6 is 21.6 Å². The molecule has 67 heavy (non-hydrogen) atoms. The molecule has 0 aromatic rings. The van der Waals surface area contributed by atoms with Gasteiger partial charge in [0, 0.05) is 62.6 Å². The van der Waals surface area contributed by atoms with Gasteiger partial charge in [0.2, 0.25) is 23.6 Å². The maximum atomic E-state index is 12.5. The van der Waals surface area contributed by atoms with E-state index < -0.39 is 41.7 Å². The van der Waals surface area contributed by atoms with E-state index in [2.05, 4.69) is 21.3 Å². The molecule has 1 saturated heterocycles. The lowest BCUT2D eigenvalue weighted by atomic mass is 9.92. The summed E-state index contributed by atoms with van der Waals surface area (Å²) in [5.41, 5.74) is 0. The van der Waals surface area contributed by atoms with Crippen LogP contribution in [0.15, 0.2) is 0 Å². The maximum absolute atomic E-state index is 12.5. The number of unbranched alkanes of at least 4 members (excludes halogenated alkanes) is 13. The first-order chi connectivity index (χ1) is 32.3. The number of hydrogen-bond donors (Lipinski definition) is 7. The monoisotopic (exact) mass is 992 g/mol. The topological polar surface area (TPSA) is 299 Å². The predicted molar refractivity (Wildman–Crippen MR) is 251 cm³/mol. The Kier molecular flexibility index (Phi) is 37.6. The lowest BCUT2D eigenvalue weighted by Crippen LogP contribution is -2.41. The fourth-order valence-corrected chi connectivity index (χ4v) is 9.31. The molecule has 20 nitrogen and oxygen atoms in total. The summed E-state index contributed by atoms with van der Waals surface area (Å²) < 4.78 is 21.3. The normalized spacial score (nSPS) is 15.4. The van der Waals surface area contributed by atoms with Gasteiger partial charge >= 0.3 is 17.9 Å². The maximum Gasteiger partial charge on any atom is 0.326 e. The minimum atomic E-state index is -1.20. The van der Waals surface area contributed by atoms with E-state index in [1.807, 2.05) is 0 Å². The molecular weight excluding hydrogens is 917 g/mol. The van der Waals surface area contributed by atoms with Crippen molar-refractivity contribution in [1.29, 1.82) is 0 Å². The molecule has 4 amide bonds. The number of Topliss-reactive ketones (excluding diaryl/α,β-unsaturated/α-hetero) is 2. The third-order valence-corrected chi connectivity index (χ3v) is 13.1. The minimum absolute atomic E-state index is 0.0441. The van der Waals surface area contributed by atoms with Crippen LogP contribution in [0, 0.1) is 11.8 Å². The highest BCUT2D eigenvalue weighted by molar-refractivity contribution is 8.76. The van der Waals surface area contributed by atoms with Crippen LogP contribution in [0.2, 0.25) is 0 Å². The zero-order valence-corrected chi connectivity index (χ0v) is 40.7. The number of amides is 4. The molecule has 1 heterocycles. The van der Waals surface area contributed by atoms with E-state index in [0.29, 0.717) is 17.9 Å². The molecule has 0 aromatic heterocycles. The fraction of sp³-hybridized carbons (Fsp3) is 0.800. The van der Waals surface area contributed by atoms with Gasteiger partial charge in [-0.1, -0.05) is 98.6 Å². The van der Waals surface area contributed by atoms with Crippen LogP contribution in [0.4, 0.5) is 0 Å². The number of carbonyl (C=O) groups is 9. The van der Waals surface area contributed by atoms with Crippen molar-refractivity contribution >= 4 is 74.7 Å². The standard InChI is InChI=1S/C45H76N4O16S2/c50-36(27-34-32-66-67-33-35(44(58)59)28-38(34)51)29-48-42(55)31-65-26-24-63-22-20-47-41(54)30-64-25-23-62-21-19-46-39(52)18-17-37(45(60)61)49-40(53)15-13-11-9-7-5-3-1-2-4-6-8-10-12-14-16-43(56)57/h34-35,37H,1-33H2,(H,46,52)(H,47,54)(H,48,55)(H,49,53)(H,56,57)(H,58,59)(H,60,61)/t34-,35-,37-/m0/s1. The zero-order valence-electron chi connectivity index (χ0n) is 39.0. The van der Waals surface area contributed by atoms with E-state index >= 15 is 0 Å². The number of ketones is 2. The van der Waals surface area contributed by atoms with E-state index in [9.17, 15) is 53.4 Å². The number of rotatable bonds is 43. The molecule has 0 aliphatic carbocycles. The summed E-state index contributed by atoms with van der Waals surface area (Å²) in [4.78, 5) is 107. The highest BCUT2D eigenvalue weighted by Crippen LogP contribution is 2.33. The van der Waals surface area contributed by atoms with Gasteiger partial charge in [0.15, 0.2) is 5.78 Å². The van der Waals surface area contributed by atoms with Crippen molar-refractivity contribution in [2.75, 3.05) is 84.0 Å². The molecule has 7 N–H and O–H groups in total. The molecule has 0 spiro atoms. The van der Waals surface area contributed by atoms with Gasteiger partial charge in [-0.05, 0) is 19.3 Å². The lowest BCUT2D eigenvalue weighted by Gasteiger charge is -2.20. The second-order valence-corrected chi connectivity index (χ2v) is 18.9. The first-order valence-electron chi connectivity index (χ1n) is 23.6. The largest absolute Gasteiger partial charge is 0.481 e. The summed E-state index contributed by atoms with van der Waals surface area (Å²) in [6.07, 6.45) is 15.1. The van der Waals surface area contributed by atoms with Crippen molar-refractivity contribution in [1.82, 2.24) is 21.3 Å². The minimum Gasteiger partial charge on any atom is -0.481 e. The van der Waals surface area contributed by atoms with Gasteiger partial charge in [0.05, 0.1) is 52.1 Å². The molecule has 0 bridgehead atoms. The summed E-state index contributed by atoms with van der Waals surface area (Å²) in [6.45, 7) is 0.539. The van der Waals surface area contributed by atoms with Crippen LogP contribution in [0.1, 0.15) is 128 Å². The number of nitrogens with one attached hydrogen (secondary N) is 4. The Morgan fingerprint density at radius 1 is 0.552 bits per heavy atom. The molecule has 22 heteroatoms. The molecule has 1 aliphatic heterocycles. The van der Waals surface area contributed by atoms with E-state index in [4.69, 9.17) is 24.1 Å². The van der Waals surface area contributed by atoms with Crippen LogP contribution < -0.4 is 21.3 Å². The summed E-state index contributed by atoms with van der Waals surface area (Å²) in [7, 11) is 2.73. The Balaban J connectivity index is 1.94. The van der Waals surface area contributed by atoms with Crippen molar-refractivity contribution in [2.24, 2.45) is 11.8 Å². The van der Waals surface area contributed by atoms with Crippen molar-refractivity contribution in [2.45, 2.75) is 134 Å². The molecule has 0 unspecified atom stereocenters. The number of carboxylic acids is 3. The number of carbonyl (C=O) groups excluding carboxylic acids is 6. The van der Waals surface area contributed by atoms with Crippen LogP contribution in [-0.2, 0) is 62.1 Å². The lowest BCUT2D eigenvalue weighted by molar-refractivity contribution is -0.143. The third-order valence-electron chi connectivity index (χ3n) is 10.5. The highest BCUT2D eigenvalue weighted by Gasteiger charge is 2.30. The van der Waals surface area contributed by atoms with E-state index in [1.165, 1.54) is 60.1 Å². The average molecular weight is 993 g/mol. The smallest absolute Gasteiger partial charge is 0.326 e. The summed E-state index contributed by atoms with van der Waals surface area (Å²) >= 11 is 0. The van der Waals surface area contributed by atoms with Gasteiger partial charge in [0.25, 0.3) is 0 Å². The number of aliphatic carboxylic acids is 3. The van der Waals surface area contributed by atoms with Crippen molar-refractivity contribution < 1.29 is 77.4 Å². The van der Waals surface area contributed by atoms with Crippen LogP contribution in [0.3, 0.4) is 0 Å². The Hall–Kier alpha value is -3.83. The summed E-state index contributed by atoms with van der Waals surface area (Å²) in [5.74, 6) is -5.78. The zero-order chi connectivity index (χ0) is 49.3. The molecule has 0 radical (unpaired) electrons. The Morgan fingerprint density at radius 3 is 1.55 bits per heavy atom. The second-order valence-electron chi connectivity index (χ2n) is 16.4. The van der Waals surface area contributed by atoms with Crippen molar-refractivity contribution in [3.05, 3.63) is 0 Å². The van der Waals surface area contributed by atoms with E-state index in [0.717, 1.165) is 44.9 Å². The highest BCUT2D eigenvalue weighted by atomic mass is 33.1. The molecule has 1 fully saturated rings. The van der Waals surface area contributed by atoms with Crippen molar-refractivity contribution in [3.63, 3.8) is 0 Å². The molecule has 1 rings (SSSR count). The fourth-order valence-electron chi connectivity index (χ4n) is 6.67. The van der Waals surface area contributed by atoms with Gasteiger partial charge < -0.3 is 55.5 Å². The van der Waals surface area contributed by atoms with Crippen LogP contribution in [-0.4, -0.2) is 158 Å². The Morgan fingerprint density at radius 2 is 1.03 bits per heavy atom. The van der Waals surface area contributed by atoms with Crippen molar-refractivity contribution in [3.8, 4) is 0 Å². The van der Waals surface area contributed by atoms with Crippen LogP contribution in [0.5, 0.6) is 0 Å². The number of ether oxygens (including phenoxy) is 4. The third kappa shape index (κ3) is 36.8. The van der Waals surface area contributed by atoms with Gasteiger partial charge in [0.1, 0.15) is 25.0 Å².